The summed E-state index contributed by atoms with van der Waals surface area (Å²) < 4.78 is 10.3. The van der Waals surface area contributed by atoms with Crippen LogP contribution in [-0.2, 0) is 0 Å². The molecule has 1 rings (SSSR count). The molecule has 0 unspecified atom stereocenters. The molecule has 2 N–H and O–H groups in total. The van der Waals surface area contributed by atoms with E-state index in [1.165, 1.54) is 0 Å². The Hall–Kier alpha value is -1.75. The first kappa shape index (κ1) is 14.3. The Labute approximate surface area is 107 Å². The van der Waals surface area contributed by atoms with Crippen molar-refractivity contribution in [2.75, 3.05) is 34.4 Å². The maximum Gasteiger partial charge on any atom is 0.253 e. The number of hydrogen-bond acceptors (Lipinski definition) is 4. The van der Waals surface area contributed by atoms with E-state index in [0.29, 0.717) is 30.2 Å². The van der Waals surface area contributed by atoms with E-state index < -0.39 is 0 Å². The van der Waals surface area contributed by atoms with Crippen LogP contribution in [0.5, 0.6) is 11.5 Å². The van der Waals surface area contributed by atoms with Crippen LogP contribution in [0.4, 0.5) is 0 Å². The van der Waals surface area contributed by atoms with Gasteiger partial charge in [-0.25, -0.2) is 0 Å². The van der Waals surface area contributed by atoms with Gasteiger partial charge in [0.05, 0.1) is 14.2 Å². The van der Waals surface area contributed by atoms with E-state index in [0.717, 1.165) is 6.42 Å². The first-order valence-electron chi connectivity index (χ1n) is 5.81. The van der Waals surface area contributed by atoms with Crippen LogP contribution in [0.15, 0.2) is 18.2 Å². The highest BCUT2D eigenvalue weighted by atomic mass is 16.5. The van der Waals surface area contributed by atoms with Crippen LogP contribution >= 0.6 is 0 Å². The molecule has 0 bridgehead atoms. The van der Waals surface area contributed by atoms with Gasteiger partial charge in [-0.3, -0.25) is 4.79 Å². The van der Waals surface area contributed by atoms with Gasteiger partial charge in [0.1, 0.15) is 11.5 Å². The molecule has 0 heterocycles. The van der Waals surface area contributed by atoms with Gasteiger partial charge in [-0.15, -0.1) is 0 Å². The summed E-state index contributed by atoms with van der Waals surface area (Å²) in [5.74, 6) is 1.13. The van der Waals surface area contributed by atoms with Gasteiger partial charge in [-0.2, -0.15) is 0 Å². The van der Waals surface area contributed by atoms with Crippen molar-refractivity contribution in [1.29, 1.82) is 0 Å². The average molecular weight is 252 g/mol. The highest BCUT2D eigenvalue weighted by molar-refractivity contribution is 5.94. The number of hydrogen-bond donors (Lipinski definition) is 1. The first-order chi connectivity index (χ1) is 8.62. The summed E-state index contributed by atoms with van der Waals surface area (Å²) in [5.41, 5.74) is 5.98. The number of amides is 1. The van der Waals surface area contributed by atoms with Crippen molar-refractivity contribution in [3.05, 3.63) is 23.8 Å². The predicted molar refractivity (Wildman–Crippen MR) is 70.2 cm³/mol. The fraction of sp³-hybridized carbons (Fsp3) is 0.462. The fourth-order valence-electron chi connectivity index (χ4n) is 1.58. The number of benzene rings is 1. The average Bonchev–Trinajstić information content (AvgIpc) is 2.43. The molecule has 0 fully saturated rings. The quantitative estimate of drug-likeness (QED) is 0.824. The van der Waals surface area contributed by atoms with E-state index in [9.17, 15) is 4.79 Å². The standard InChI is InChI=1S/C13H20N2O3/c1-15(6-4-5-14)13(16)10-7-11(17-2)9-12(8-10)18-3/h7-9H,4-6,14H2,1-3H3. The van der Waals surface area contributed by atoms with E-state index in [1.807, 2.05) is 0 Å². The monoisotopic (exact) mass is 252 g/mol. The summed E-state index contributed by atoms with van der Waals surface area (Å²) in [5, 5.41) is 0. The molecule has 5 heteroatoms. The van der Waals surface area contributed by atoms with Gasteiger partial charge in [0, 0.05) is 25.2 Å². The van der Waals surface area contributed by atoms with Crippen molar-refractivity contribution in [2.24, 2.45) is 5.73 Å². The summed E-state index contributed by atoms with van der Waals surface area (Å²) >= 11 is 0. The second-order valence-electron chi connectivity index (χ2n) is 3.97. The van der Waals surface area contributed by atoms with E-state index in [-0.39, 0.29) is 5.91 Å². The summed E-state index contributed by atoms with van der Waals surface area (Å²) in [6.07, 6.45) is 0.781. The molecule has 5 nitrogen and oxygen atoms in total. The molecule has 0 aliphatic heterocycles. The number of rotatable bonds is 6. The molecule has 0 aromatic heterocycles. The fourth-order valence-corrected chi connectivity index (χ4v) is 1.58. The van der Waals surface area contributed by atoms with Crippen molar-refractivity contribution in [1.82, 2.24) is 4.90 Å². The van der Waals surface area contributed by atoms with Crippen LogP contribution in [0.2, 0.25) is 0 Å². The molecule has 18 heavy (non-hydrogen) atoms. The van der Waals surface area contributed by atoms with Crippen molar-refractivity contribution < 1.29 is 14.3 Å². The van der Waals surface area contributed by atoms with Gasteiger partial charge >= 0.3 is 0 Å². The third-order valence-corrected chi connectivity index (χ3v) is 2.64. The van der Waals surface area contributed by atoms with Crippen LogP contribution in [-0.4, -0.2) is 45.2 Å². The lowest BCUT2D eigenvalue weighted by atomic mass is 10.1. The van der Waals surface area contributed by atoms with E-state index in [4.69, 9.17) is 15.2 Å². The molecule has 0 saturated carbocycles. The Morgan fingerprint density at radius 3 is 2.22 bits per heavy atom. The highest BCUT2D eigenvalue weighted by Gasteiger charge is 2.13. The third-order valence-electron chi connectivity index (χ3n) is 2.64. The Morgan fingerprint density at radius 2 is 1.78 bits per heavy atom. The summed E-state index contributed by atoms with van der Waals surface area (Å²) in [6.45, 7) is 1.20. The maximum atomic E-state index is 12.2. The summed E-state index contributed by atoms with van der Waals surface area (Å²) in [6, 6.07) is 5.13. The Morgan fingerprint density at radius 1 is 1.22 bits per heavy atom. The lowest BCUT2D eigenvalue weighted by Crippen LogP contribution is -2.29. The Kier molecular flexibility index (Phi) is 5.45. The predicted octanol–water partition coefficient (Wildman–Crippen LogP) is 1.12. The smallest absolute Gasteiger partial charge is 0.253 e. The van der Waals surface area contributed by atoms with Gasteiger partial charge in [-0.1, -0.05) is 0 Å². The minimum atomic E-state index is -0.0688. The number of nitrogens with zero attached hydrogens (tertiary/aromatic N) is 1. The summed E-state index contributed by atoms with van der Waals surface area (Å²) in [4.78, 5) is 13.8. The first-order valence-corrected chi connectivity index (χ1v) is 5.81. The minimum Gasteiger partial charge on any atom is -0.497 e. The topological polar surface area (TPSA) is 64.8 Å². The molecule has 0 atom stereocenters. The molecule has 1 amide bonds. The van der Waals surface area contributed by atoms with Crippen molar-refractivity contribution in [2.45, 2.75) is 6.42 Å². The normalized spacial score (nSPS) is 10.0. The maximum absolute atomic E-state index is 12.2. The van der Waals surface area contributed by atoms with Gasteiger partial charge in [0.2, 0.25) is 0 Å². The van der Waals surface area contributed by atoms with Crippen LogP contribution in [0.1, 0.15) is 16.8 Å². The molecule has 1 aromatic rings. The number of carbonyl (C=O) groups is 1. The van der Waals surface area contributed by atoms with Crippen LogP contribution in [0, 0.1) is 0 Å². The van der Waals surface area contributed by atoms with Gasteiger partial charge in [-0.05, 0) is 25.1 Å². The van der Waals surface area contributed by atoms with E-state index >= 15 is 0 Å². The SMILES string of the molecule is COc1cc(OC)cc(C(=O)N(C)CCCN)c1. The molecule has 0 radical (unpaired) electrons. The van der Waals surface area contributed by atoms with Crippen LogP contribution in [0.3, 0.4) is 0 Å². The number of methoxy groups -OCH3 is 2. The molecular weight excluding hydrogens is 232 g/mol. The summed E-state index contributed by atoms with van der Waals surface area (Å²) in [7, 11) is 4.87. The molecule has 0 saturated heterocycles. The zero-order chi connectivity index (χ0) is 13.5. The van der Waals surface area contributed by atoms with E-state index in [1.54, 1.807) is 44.4 Å². The molecule has 0 aliphatic carbocycles. The Bertz CT molecular complexity index is 385. The lowest BCUT2D eigenvalue weighted by Gasteiger charge is -2.17. The van der Waals surface area contributed by atoms with Gasteiger partial charge in [0.25, 0.3) is 5.91 Å². The zero-order valence-electron chi connectivity index (χ0n) is 11.1. The molecular formula is C13H20N2O3. The zero-order valence-corrected chi connectivity index (χ0v) is 11.1. The van der Waals surface area contributed by atoms with Crippen molar-refractivity contribution in [3.63, 3.8) is 0 Å². The second-order valence-corrected chi connectivity index (χ2v) is 3.97. The minimum absolute atomic E-state index is 0.0688. The molecule has 1 aromatic carbocycles. The third kappa shape index (κ3) is 3.63. The molecule has 100 valence electrons. The van der Waals surface area contributed by atoms with Crippen molar-refractivity contribution >= 4 is 5.91 Å². The lowest BCUT2D eigenvalue weighted by molar-refractivity contribution is 0.0793. The highest BCUT2D eigenvalue weighted by Crippen LogP contribution is 2.23. The second kappa shape index (κ2) is 6.86. The van der Waals surface area contributed by atoms with E-state index in [2.05, 4.69) is 0 Å². The molecule has 0 aliphatic rings. The van der Waals surface area contributed by atoms with Crippen LogP contribution in [0.25, 0.3) is 0 Å². The number of nitrogens with two attached hydrogens (primary N) is 1. The van der Waals surface area contributed by atoms with Gasteiger partial charge in [0.15, 0.2) is 0 Å². The molecule has 0 spiro atoms. The number of ether oxygens (including phenoxy) is 2. The van der Waals surface area contributed by atoms with Gasteiger partial charge < -0.3 is 20.1 Å². The van der Waals surface area contributed by atoms with Crippen molar-refractivity contribution in [3.8, 4) is 11.5 Å². The Balaban J connectivity index is 2.90. The van der Waals surface area contributed by atoms with Crippen LogP contribution < -0.4 is 15.2 Å². The number of carbonyl (C=O) groups excluding carboxylic acids is 1. The largest absolute Gasteiger partial charge is 0.497 e.